The summed E-state index contributed by atoms with van der Waals surface area (Å²) in [6, 6.07) is 0. The zero-order chi connectivity index (χ0) is 8.10. The van der Waals surface area contributed by atoms with Gasteiger partial charge in [0, 0.05) is 0 Å². The van der Waals surface area contributed by atoms with Crippen molar-refractivity contribution >= 4 is 6.09 Å². The highest BCUT2D eigenvalue weighted by atomic mass is 16.7. The smallest absolute Gasteiger partial charge is 0.428 e. The average Bonchev–Trinajstić information content (AvgIpc) is 2.03. The van der Waals surface area contributed by atoms with Crippen LogP contribution in [0, 0.1) is 0 Å². The number of hydroxylamine groups is 1. The summed E-state index contributed by atoms with van der Waals surface area (Å²) in [5.41, 5.74) is 1.93. The fourth-order valence-electron chi connectivity index (χ4n) is 1.32. The van der Waals surface area contributed by atoms with Crippen molar-refractivity contribution in [3.8, 4) is 0 Å². The first-order valence-electron chi connectivity index (χ1n) is 3.93. The molecule has 1 aliphatic carbocycles. The quantitative estimate of drug-likeness (QED) is 0.600. The maximum atomic E-state index is 10.0. The molecule has 0 bridgehead atoms. The summed E-state index contributed by atoms with van der Waals surface area (Å²) < 4.78 is 0. The van der Waals surface area contributed by atoms with Gasteiger partial charge in [-0.2, -0.15) is 5.48 Å². The third-order valence-electron chi connectivity index (χ3n) is 1.87. The maximum Gasteiger partial charge on any atom is 0.428 e. The molecular weight excluding hydrogens is 146 g/mol. The first kappa shape index (κ1) is 8.33. The van der Waals surface area contributed by atoms with Crippen LogP contribution in [-0.4, -0.2) is 17.3 Å². The second-order valence-electron chi connectivity index (χ2n) is 2.79. The minimum absolute atomic E-state index is 0.0971. The lowest BCUT2D eigenvalue weighted by Crippen LogP contribution is -2.29. The van der Waals surface area contributed by atoms with Gasteiger partial charge in [0.2, 0.25) is 0 Å². The van der Waals surface area contributed by atoms with Crippen molar-refractivity contribution in [2.45, 2.75) is 38.2 Å². The van der Waals surface area contributed by atoms with E-state index in [4.69, 9.17) is 9.94 Å². The second-order valence-corrected chi connectivity index (χ2v) is 2.79. The Hall–Kier alpha value is -0.770. The maximum absolute atomic E-state index is 10.0. The molecule has 1 aliphatic rings. The highest BCUT2D eigenvalue weighted by Crippen LogP contribution is 2.19. The van der Waals surface area contributed by atoms with Crippen LogP contribution in [0.2, 0.25) is 0 Å². The van der Waals surface area contributed by atoms with E-state index in [0.717, 1.165) is 25.7 Å². The summed E-state index contributed by atoms with van der Waals surface area (Å²) >= 11 is 0. The van der Waals surface area contributed by atoms with Gasteiger partial charge in [-0.1, -0.05) is 19.3 Å². The van der Waals surface area contributed by atoms with Crippen LogP contribution in [0.3, 0.4) is 0 Å². The van der Waals surface area contributed by atoms with E-state index in [1.165, 1.54) is 6.42 Å². The molecule has 11 heavy (non-hydrogen) atoms. The summed E-state index contributed by atoms with van der Waals surface area (Å²) in [6.45, 7) is 0. The van der Waals surface area contributed by atoms with Gasteiger partial charge in [0.25, 0.3) is 0 Å². The molecule has 0 spiro atoms. The normalized spacial score (nSPS) is 19.6. The largest absolute Gasteiger partial charge is 0.464 e. The SMILES string of the molecule is O=C(O)NOC1CCCCC1. The number of rotatable bonds is 2. The lowest BCUT2D eigenvalue weighted by molar-refractivity contribution is -0.0323. The molecular formula is C7H13NO3. The molecule has 4 heteroatoms. The fraction of sp³-hybridized carbons (Fsp3) is 0.857. The molecule has 1 amide bonds. The Morgan fingerprint density at radius 1 is 1.36 bits per heavy atom. The van der Waals surface area contributed by atoms with E-state index in [1.54, 1.807) is 0 Å². The van der Waals surface area contributed by atoms with E-state index in [1.807, 2.05) is 5.48 Å². The molecule has 1 saturated carbocycles. The van der Waals surface area contributed by atoms with Gasteiger partial charge in [0.05, 0.1) is 6.10 Å². The highest BCUT2D eigenvalue weighted by Gasteiger charge is 2.14. The van der Waals surface area contributed by atoms with Crippen LogP contribution in [-0.2, 0) is 4.84 Å². The first-order chi connectivity index (χ1) is 5.29. The minimum atomic E-state index is -1.12. The molecule has 0 aromatic carbocycles. The molecule has 0 aromatic heterocycles. The number of carbonyl (C=O) groups is 1. The van der Waals surface area contributed by atoms with E-state index in [2.05, 4.69) is 0 Å². The van der Waals surface area contributed by atoms with Crippen molar-refractivity contribution < 1.29 is 14.7 Å². The van der Waals surface area contributed by atoms with E-state index >= 15 is 0 Å². The Morgan fingerprint density at radius 2 is 2.00 bits per heavy atom. The van der Waals surface area contributed by atoms with Crippen LogP contribution in [0.25, 0.3) is 0 Å². The molecule has 0 aromatic rings. The fourth-order valence-corrected chi connectivity index (χ4v) is 1.32. The monoisotopic (exact) mass is 159 g/mol. The number of hydrogen-bond donors (Lipinski definition) is 2. The molecule has 1 fully saturated rings. The van der Waals surface area contributed by atoms with Gasteiger partial charge in [0.1, 0.15) is 0 Å². The Bertz CT molecular complexity index is 132. The van der Waals surface area contributed by atoms with Gasteiger partial charge >= 0.3 is 6.09 Å². The van der Waals surface area contributed by atoms with Crippen molar-refractivity contribution in [2.75, 3.05) is 0 Å². The highest BCUT2D eigenvalue weighted by molar-refractivity contribution is 5.62. The van der Waals surface area contributed by atoms with E-state index in [-0.39, 0.29) is 6.10 Å². The summed E-state index contributed by atoms with van der Waals surface area (Å²) in [5, 5.41) is 8.21. The number of amides is 1. The van der Waals surface area contributed by atoms with Gasteiger partial charge in [0.15, 0.2) is 0 Å². The zero-order valence-corrected chi connectivity index (χ0v) is 6.38. The summed E-state index contributed by atoms with van der Waals surface area (Å²) in [4.78, 5) is 14.9. The Labute approximate surface area is 65.5 Å². The molecule has 0 aliphatic heterocycles. The topological polar surface area (TPSA) is 58.6 Å². The molecule has 2 N–H and O–H groups in total. The lowest BCUT2D eigenvalue weighted by Gasteiger charge is -2.20. The van der Waals surface area contributed by atoms with Crippen LogP contribution in [0.4, 0.5) is 4.79 Å². The molecule has 0 saturated heterocycles. The first-order valence-corrected chi connectivity index (χ1v) is 3.93. The molecule has 0 atom stereocenters. The minimum Gasteiger partial charge on any atom is -0.464 e. The predicted octanol–water partition coefficient (Wildman–Crippen LogP) is 1.52. The van der Waals surface area contributed by atoms with Crippen LogP contribution < -0.4 is 5.48 Å². The van der Waals surface area contributed by atoms with Gasteiger partial charge in [-0.15, -0.1) is 0 Å². The van der Waals surface area contributed by atoms with Crippen LogP contribution in [0.15, 0.2) is 0 Å². The van der Waals surface area contributed by atoms with Gasteiger partial charge in [-0.3, -0.25) is 4.84 Å². The zero-order valence-electron chi connectivity index (χ0n) is 6.38. The molecule has 0 heterocycles. The Kier molecular flexibility index (Phi) is 3.16. The van der Waals surface area contributed by atoms with Crippen molar-refractivity contribution in [3.05, 3.63) is 0 Å². The van der Waals surface area contributed by atoms with Crippen molar-refractivity contribution in [1.82, 2.24) is 5.48 Å². The van der Waals surface area contributed by atoms with Gasteiger partial charge in [-0.05, 0) is 12.8 Å². The van der Waals surface area contributed by atoms with E-state index in [0.29, 0.717) is 0 Å². The lowest BCUT2D eigenvalue weighted by atomic mass is 9.98. The van der Waals surface area contributed by atoms with Gasteiger partial charge < -0.3 is 5.11 Å². The van der Waals surface area contributed by atoms with Crippen molar-refractivity contribution in [1.29, 1.82) is 0 Å². The number of carboxylic acid groups (broad SMARTS) is 1. The second kappa shape index (κ2) is 4.18. The predicted molar refractivity (Wildman–Crippen MR) is 39.1 cm³/mol. The summed E-state index contributed by atoms with van der Waals surface area (Å²) in [5.74, 6) is 0. The molecule has 0 unspecified atom stereocenters. The number of nitrogens with one attached hydrogen (secondary N) is 1. The molecule has 4 nitrogen and oxygen atoms in total. The van der Waals surface area contributed by atoms with Crippen molar-refractivity contribution in [3.63, 3.8) is 0 Å². The summed E-state index contributed by atoms with van der Waals surface area (Å²) in [7, 11) is 0. The Morgan fingerprint density at radius 3 is 2.55 bits per heavy atom. The number of hydrogen-bond acceptors (Lipinski definition) is 2. The Balaban J connectivity index is 2.09. The average molecular weight is 159 g/mol. The third-order valence-corrected chi connectivity index (χ3v) is 1.87. The summed E-state index contributed by atoms with van der Waals surface area (Å²) in [6.07, 6.45) is 4.46. The van der Waals surface area contributed by atoms with Crippen LogP contribution >= 0.6 is 0 Å². The van der Waals surface area contributed by atoms with Crippen LogP contribution in [0.5, 0.6) is 0 Å². The van der Waals surface area contributed by atoms with Crippen LogP contribution in [0.1, 0.15) is 32.1 Å². The van der Waals surface area contributed by atoms with E-state index in [9.17, 15) is 4.79 Å². The molecule has 0 radical (unpaired) electrons. The molecule has 64 valence electrons. The van der Waals surface area contributed by atoms with Gasteiger partial charge in [-0.25, -0.2) is 4.79 Å². The molecule has 1 rings (SSSR count). The third kappa shape index (κ3) is 3.23. The van der Waals surface area contributed by atoms with E-state index < -0.39 is 6.09 Å². The van der Waals surface area contributed by atoms with Crippen molar-refractivity contribution in [2.24, 2.45) is 0 Å². The standard InChI is InChI=1S/C7H13NO3/c9-7(10)8-11-6-4-2-1-3-5-6/h6,8H,1-5H2,(H,9,10).